The molecule has 1 rings (SSSR count). The van der Waals surface area contributed by atoms with E-state index in [1.165, 1.54) is 37.7 Å². The van der Waals surface area contributed by atoms with Crippen molar-refractivity contribution < 1.29 is 33.3 Å². The van der Waals surface area contributed by atoms with Crippen molar-refractivity contribution in [2.45, 2.75) is 78.6 Å². The normalized spacial score (nSPS) is 24.1. The van der Waals surface area contributed by atoms with Crippen LogP contribution in [0.4, 0.5) is 0 Å². The van der Waals surface area contributed by atoms with Gasteiger partial charge in [-0.05, 0) is 0 Å². The van der Waals surface area contributed by atoms with Crippen LogP contribution in [0.3, 0.4) is 0 Å². The first-order valence-electron chi connectivity index (χ1n) is 10.1. The first kappa shape index (κ1) is 26.1. The molecule has 1 aliphatic carbocycles. The van der Waals surface area contributed by atoms with Crippen molar-refractivity contribution >= 4 is 16.3 Å². The SMILES string of the molecule is C=C1CCCC(C)(C)CCCC[C@@H]1CC/C(C)=C/CO[PH](O)(O)O[PH](O)(O)O. The van der Waals surface area contributed by atoms with Gasteiger partial charge in [-0.1, -0.05) is 13.8 Å². The monoisotopic (exact) mass is 442 g/mol. The molecule has 0 saturated heterocycles. The van der Waals surface area contributed by atoms with Crippen LogP contribution in [0, 0.1) is 11.3 Å². The van der Waals surface area contributed by atoms with Gasteiger partial charge in [0.05, 0.1) is 0 Å². The number of hydrogen-bond acceptors (Lipinski definition) is 7. The topological polar surface area (TPSA) is 120 Å². The molecule has 5 N–H and O–H groups in total. The van der Waals surface area contributed by atoms with E-state index in [1.807, 2.05) is 6.92 Å². The van der Waals surface area contributed by atoms with E-state index in [1.54, 1.807) is 6.08 Å². The van der Waals surface area contributed by atoms with E-state index in [4.69, 9.17) is 19.2 Å². The zero-order valence-corrected chi connectivity index (χ0v) is 19.5. The van der Waals surface area contributed by atoms with Gasteiger partial charge in [0.1, 0.15) is 0 Å². The van der Waals surface area contributed by atoms with E-state index in [2.05, 4.69) is 24.7 Å². The molecule has 0 spiro atoms. The molecule has 9 heteroatoms. The van der Waals surface area contributed by atoms with Crippen LogP contribution in [0.2, 0.25) is 0 Å². The molecule has 1 aliphatic rings. The Morgan fingerprint density at radius 3 is 2.43 bits per heavy atom. The van der Waals surface area contributed by atoms with Crippen molar-refractivity contribution in [3.05, 3.63) is 23.8 Å². The predicted octanol–water partition coefficient (Wildman–Crippen LogP) is 4.47. The van der Waals surface area contributed by atoms with Crippen LogP contribution < -0.4 is 0 Å². The Kier molecular flexibility index (Phi) is 10.7. The molecule has 0 unspecified atom stereocenters. The van der Waals surface area contributed by atoms with E-state index < -0.39 is 16.3 Å². The molecule has 1 atom stereocenters. The minimum absolute atomic E-state index is 0.143. The zero-order valence-electron chi connectivity index (χ0n) is 17.5. The maximum atomic E-state index is 9.44. The number of hydrogen-bond donors (Lipinski definition) is 5. The average Bonchev–Trinajstić information content (AvgIpc) is 2.50. The summed E-state index contributed by atoms with van der Waals surface area (Å²) in [6, 6.07) is 0. The van der Waals surface area contributed by atoms with Gasteiger partial charge in [-0.2, -0.15) is 0 Å². The van der Waals surface area contributed by atoms with Crippen molar-refractivity contribution in [3.8, 4) is 0 Å². The van der Waals surface area contributed by atoms with Crippen molar-refractivity contribution in [1.29, 1.82) is 0 Å². The summed E-state index contributed by atoms with van der Waals surface area (Å²) in [5.41, 5.74) is 2.80. The summed E-state index contributed by atoms with van der Waals surface area (Å²) in [6.07, 6.45) is 12.0. The fourth-order valence-electron chi connectivity index (χ4n) is 3.67. The molecule has 0 radical (unpaired) electrons. The number of allylic oxidation sites excluding steroid dienone is 2. The third-order valence-electron chi connectivity index (χ3n) is 5.45. The van der Waals surface area contributed by atoms with Crippen LogP contribution in [-0.2, 0) is 8.83 Å². The first-order chi connectivity index (χ1) is 12.8. The summed E-state index contributed by atoms with van der Waals surface area (Å²) in [5.74, 6) is 0.503. The third-order valence-corrected chi connectivity index (χ3v) is 8.15. The molecule has 0 aromatic carbocycles. The summed E-state index contributed by atoms with van der Waals surface area (Å²) >= 11 is 0. The summed E-state index contributed by atoms with van der Waals surface area (Å²) in [4.78, 5) is 45.2. The van der Waals surface area contributed by atoms with Gasteiger partial charge >= 0.3 is 156 Å². The Bertz CT molecular complexity index is 527. The Balaban J connectivity index is 2.46. The van der Waals surface area contributed by atoms with Gasteiger partial charge < -0.3 is 0 Å². The standard InChI is InChI=1S/C19H40O7P2/c1-16(12-15-25-28(23,24)26-27(20,21)22)10-11-18-9-5-6-13-19(3,4)14-7-8-17(18)2/h12,18,20-24,27-28H,2,5-11,13-15H2,1,3-4H3/b16-12+/t18-/m1/s1. The Hall–Kier alpha value is 0.0600. The van der Waals surface area contributed by atoms with Gasteiger partial charge in [0.15, 0.2) is 0 Å². The van der Waals surface area contributed by atoms with Crippen LogP contribution >= 0.6 is 16.3 Å². The minimum atomic E-state index is -5.03. The maximum absolute atomic E-state index is 9.44. The molecule has 0 bridgehead atoms. The van der Waals surface area contributed by atoms with Crippen molar-refractivity contribution in [2.24, 2.45) is 11.3 Å². The molecule has 1 saturated carbocycles. The van der Waals surface area contributed by atoms with Crippen LogP contribution in [0.25, 0.3) is 0 Å². The molecule has 0 aromatic rings. The molecule has 7 nitrogen and oxygen atoms in total. The molecule has 28 heavy (non-hydrogen) atoms. The average molecular weight is 442 g/mol. The molecular weight excluding hydrogens is 402 g/mol. The third kappa shape index (κ3) is 11.9. The second-order valence-electron chi connectivity index (χ2n) is 8.74. The van der Waals surface area contributed by atoms with Crippen molar-refractivity contribution in [2.75, 3.05) is 6.61 Å². The molecular formula is C19H40O7P2. The molecule has 0 aromatic heterocycles. The van der Waals surface area contributed by atoms with Gasteiger partial charge in [0, 0.05) is 0 Å². The second-order valence-corrected chi connectivity index (χ2v) is 12.1. The van der Waals surface area contributed by atoms with E-state index in [9.17, 15) is 9.79 Å². The summed E-state index contributed by atoms with van der Waals surface area (Å²) in [6.45, 7) is 10.8. The molecule has 0 amide bonds. The van der Waals surface area contributed by atoms with E-state index >= 15 is 0 Å². The quantitative estimate of drug-likeness (QED) is 0.278. The van der Waals surface area contributed by atoms with Crippen molar-refractivity contribution in [1.82, 2.24) is 0 Å². The van der Waals surface area contributed by atoms with Gasteiger partial charge in [0.2, 0.25) is 0 Å². The van der Waals surface area contributed by atoms with E-state index in [-0.39, 0.29) is 6.61 Å². The van der Waals surface area contributed by atoms with Gasteiger partial charge in [0.25, 0.3) is 0 Å². The second kappa shape index (κ2) is 11.5. The summed E-state index contributed by atoms with van der Waals surface area (Å²) in [7, 11) is -9.79. The fourth-order valence-corrected chi connectivity index (χ4v) is 5.64. The molecule has 0 heterocycles. The number of rotatable bonds is 8. The van der Waals surface area contributed by atoms with Gasteiger partial charge in [-0.25, -0.2) is 0 Å². The Morgan fingerprint density at radius 2 is 1.79 bits per heavy atom. The molecule has 1 fully saturated rings. The van der Waals surface area contributed by atoms with Crippen molar-refractivity contribution in [3.63, 3.8) is 0 Å². The summed E-state index contributed by atoms with van der Waals surface area (Å²) in [5, 5.41) is 0. The predicted molar refractivity (Wildman–Crippen MR) is 116 cm³/mol. The summed E-state index contributed by atoms with van der Waals surface area (Å²) < 4.78 is 8.80. The Labute approximate surface area is 170 Å². The Morgan fingerprint density at radius 1 is 1.14 bits per heavy atom. The molecule has 168 valence electrons. The van der Waals surface area contributed by atoms with Crippen LogP contribution in [0.5, 0.6) is 0 Å². The zero-order chi connectivity index (χ0) is 21.4. The first-order valence-corrected chi connectivity index (χ1v) is 13.5. The van der Waals surface area contributed by atoms with Gasteiger partial charge in [-0.15, -0.1) is 0 Å². The van der Waals surface area contributed by atoms with E-state index in [0.29, 0.717) is 11.3 Å². The van der Waals surface area contributed by atoms with Crippen LogP contribution in [-0.4, -0.2) is 31.1 Å². The van der Waals surface area contributed by atoms with Crippen LogP contribution in [0.1, 0.15) is 78.6 Å². The fraction of sp³-hybridized carbons (Fsp3) is 0.789. The van der Waals surface area contributed by atoms with Crippen LogP contribution in [0.15, 0.2) is 23.8 Å². The molecule has 0 aliphatic heterocycles. The van der Waals surface area contributed by atoms with Gasteiger partial charge in [-0.3, -0.25) is 0 Å². The van der Waals surface area contributed by atoms with E-state index in [0.717, 1.165) is 31.3 Å².